The van der Waals surface area contributed by atoms with Crippen molar-refractivity contribution in [2.24, 2.45) is 0 Å². The molecule has 0 atom stereocenters. The molecule has 5 nitrogen and oxygen atoms in total. The third kappa shape index (κ3) is 3.82. The summed E-state index contributed by atoms with van der Waals surface area (Å²) in [6, 6.07) is 16.9. The fraction of sp³-hybridized carbons (Fsp3) is 0.0870. The highest BCUT2D eigenvalue weighted by Gasteiger charge is 2.17. The molecule has 3 aromatic carbocycles. The first-order chi connectivity index (χ1) is 14.6. The third-order valence-electron chi connectivity index (χ3n) is 4.72. The lowest BCUT2D eigenvalue weighted by Crippen LogP contribution is -1.99. The lowest BCUT2D eigenvalue weighted by atomic mass is 10.0. The van der Waals surface area contributed by atoms with Crippen molar-refractivity contribution in [3.63, 3.8) is 0 Å². The molecule has 1 heterocycles. The van der Waals surface area contributed by atoms with Gasteiger partial charge in [0.25, 0.3) is 0 Å². The molecule has 0 aliphatic carbocycles. The van der Waals surface area contributed by atoms with Gasteiger partial charge in [0.15, 0.2) is 0 Å². The number of benzene rings is 3. The molecular formula is C23H18ClFN2O3. The highest BCUT2D eigenvalue weighted by Crippen LogP contribution is 2.40. The SMILES string of the molecule is COc1ccccc1-c1cn[nH]c1-c1ccc(OCc2c(F)cccc2Cl)cc1O. The quantitative estimate of drug-likeness (QED) is 0.408. The lowest BCUT2D eigenvalue weighted by molar-refractivity contribution is 0.298. The Kier molecular flexibility index (Phi) is 5.59. The molecule has 0 radical (unpaired) electrons. The molecule has 0 saturated carbocycles. The zero-order chi connectivity index (χ0) is 21.1. The number of H-pyrrole nitrogens is 1. The Morgan fingerprint density at radius 3 is 2.63 bits per heavy atom. The number of para-hydroxylation sites is 1. The standard InChI is InChI=1S/C23H18ClFN2O3/c1-29-22-8-3-2-5-15(22)17-12-26-27-23(17)16-10-9-14(11-21(16)28)30-13-18-19(24)6-4-7-20(18)25/h2-12,28H,13H2,1H3,(H,26,27). The Labute approximate surface area is 177 Å². The van der Waals surface area contributed by atoms with Crippen LogP contribution in [0.4, 0.5) is 4.39 Å². The van der Waals surface area contributed by atoms with Crippen LogP contribution >= 0.6 is 11.6 Å². The zero-order valence-electron chi connectivity index (χ0n) is 16.0. The van der Waals surface area contributed by atoms with E-state index in [1.54, 1.807) is 31.5 Å². The Bertz CT molecular complexity index is 1170. The molecular weight excluding hydrogens is 407 g/mol. The van der Waals surface area contributed by atoms with Crippen molar-refractivity contribution in [3.8, 4) is 39.6 Å². The molecule has 4 aromatic rings. The Balaban J connectivity index is 1.62. The van der Waals surface area contributed by atoms with E-state index in [1.807, 2.05) is 24.3 Å². The molecule has 0 amide bonds. The van der Waals surface area contributed by atoms with Gasteiger partial charge in [-0.15, -0.1) is 0 Å². The molecule has 1 aromatic heterocycles. The first-order valence-corrected chi connectivity index (χ1v) is 9.52. The van der Waals surface area contributed by atoms with Crippen molar-refractivity contribution in [3.05, 3.63) is 83.3 Å². The highest BCUT2D eigenvalue weighted by molar-refractivity contribution is 6.31. The van der Waals surface area contributed by atoms with Crippen molar-refractivity contribution < 1.29 is 19.0 Å². The van der Waals surface area contributed by atoms with Crippen LogP contribution in [0.3, 0.4) is 0 Å². The molecule has 0 aliphatic rings. The van der Waals surface area contributed by atoms with Gasteiger partial charge in [0.05, 0.1) is 24.0 Å². The maximum absolute atomic E-state index is 13.9. The van der Waals surface area contributed by atoms with Gasteiger partial charge in [0, 0.05) is 28.3 Å². The summed E-state index contributed by atoms with van der Waals surface area (Å²) >= 11 is 6.03. The largest absolute Gasteiger partial charge is 0.507 e. The first kappa shape index (κ1) is 19.8. The fourth-order valence-corrected chi connectivity index (χ4v) is 3.42. The van der Waals surface area contributed by atoms with E-state index in [0.717, 1.165) is 11.1 Å². The summed E-state index contributed by atoms with van der Waals surface area (Å²) in [4.78, 5) is 0. The van der Waals surface area contributed by atoms with Crippen LogP contribution < -0.4 is 9.47 Å². The van der Waals surface area contributed by atoms with Gasteiger partial charge in [-0.3, -0.25) is 5.10 Å². The summed E-state index contributed by atoms with van der Waals surface area (Å²) in [6.07, 6.45) is 1.68. The summed E-state index contributed by atoms with van der Waals surface area (Å²) in [7, 11) is 1.60. The van der Waals surface area contributed by atoms with Crippen molar-refractivity contribution in [2.75, 3.05) is 7.11 Å². The zero-order valence-corrected chi connectivity index (χ0v) is 16.8. The van der Waals surface area contributed by atoms with Crippen LogP contribution in [0.1, 0.15) is 5.56 Å². The molecule has 0 bridgehead atoms. The van der Waals surface area contributed by atoms with Crippen molar-refractivity contribution in [1.82, 2.24) is 10.2 Å². The summed E-state index contributed by atoms with van der Waals surface area (Å²) in [5.41, 5.74) is 3.08. The van der Waals surface area contributed by atoms with E-state index in [4.69, 9.17) is 21.1 Å². The molecule has 0 unspecified atom stereocenters. The van der Waals surface area contributed by atoms with Crippen molar-refractivity contribution in [2.45, 2.75) is 6.61 Å². The summed E-state index contributed by atoms with van der Waals surface area (Å²) in [6.45, 7) is -0.0547. The predicted octanol–water partition coefficient (Wildman–Crippen LogP) is 5.83. The number of ether oxygens (including phenoxy) is 2. The van der Waals surface area contributed by atoms with Crippen LogP contribution in [-0.2, 0) is 6.61 Å². The number of nitrogens with zero attached hydrogens (tertiary/aromatic N) is 1. The maximum Gasteiger partial charge on any atom is 0.131 e. The van der Waals surface area contributed by atoms with Crippen LogP contribution in [0.15, 0.2) is 66.9 Å². The summed E-state index contributed by atoms with van der Waals surface area (Å²) < 4.78 is 25.0. The number of halogens is 2. The lowest BCUT2D eigenvalue weighted by Gasteiger charge is -2.12. The number of aromatic hydroxyl groups is 1. The Hall–Kier alpha value is -3.51. The Morgan fingerprint density at radius 2 is 1.87 bits per heavy atom. The molecule has 2 N–H and O–H groups in total. The smallest absolute Gasteiger partial charge is 0.131 e. The van der Waals surface area contributed by atoms with Crippen LogP contribution in [0.5, 0.6) is 17.2 Å². The van der Waals surface area contributed by atoms with Crippen LogP contribution in [0, 0.1) is 5.82 Å². The van der Waals surface area contributed by atoms with Gasteiger partial charge in [0.2, 0.25) is 0 Å². The maximum atomic E-state index is 13.9. The van der Waals surface area contributed by atoms with Crippen LogP contribution in [-0.4, -0.2) is 22.4 Å². The second kappa shape index (κ2) is 8.47. The second-order valence-electron chi connectivity index (χ2n) is 6.53. The van der Waals surface area contributed by atoms with E-state index in [0.29, 0.717) is 22.8 Å². The highest BCUT2D eigenvalue weighted by atomic mass is 35.5. The number of hydrogen-bond acceptors (Lipinski definition) is 4. The van der Waals surface area contributed by atoms with Crippen molar-refractivity contribution in [1.29, 1.82) is 0 Å². The minimum absolute atomic E-state index is 0.00692. The second-order valence-corrected chi connectivity index (χ2v) is 6.93. The van der Waals surface area contributed by atoms with Crippen LogP contribution in [0.25, 0.3) is 22.4 Å². The molecule has 0 aliphatic heterocycles. The van der Waals surface area contributed by atoms with Gasteiger partial charge in [-0.2, -0.15) is 5.10 Å². The summed E-state index contributed by atoms with van der Waals surface area (Å²) in [5, 5.41) is 18.0. The summed E-state index contributed by atoms with van der Waals surface area (Å²) in [5.74, 6) is 0.630. The number of aromatic nitrogens is 2. The minimum atomic E-state index is -0.442. The number of phenolic OH excluding ortho intramolecular Hbond substituents is 1. The number of phenols is 1. The molecule has 0 saturated heterocycles. The topological polar surface area (TPSA) is 67.4 Å². The van der Waals surface area contributed by atoms with E-state index in [9.17, 15) is 9.50 Å². The van der Waals surface area contributed by atoms with Gasteiger partial charge in [-0.1, -0.05) is 35.9 Å². The number of aromatic amines is 1. The van der Waals surface area contributed by atoms with Gasteiger partial charge in [-0.05, 0) is 30.3 Å². The molecule has 0 spiro atoms. The van der Waals surface area contributed by atoms with Gasteiger partial charge >= 0.3 is 0 Å². The van der Waals surface area contributed by atoms with Crippen molar-refractivity contribution >= 4 is 11.6 Å². The van der Waals surface area contributed by atoms with Gasteiger partial charge < -0.3 is 14.6 Å². The first-order valence-electron chi connectivity index (χ1n) is 9.14. The third-order valence-corrected chi connectivity index (χ3v) is 5.07. The number of hydrogen-bond donors (Lipinski definition) is 2. The van der Waals surface area contributed by atoms with E-state index >= 15 is 0 Å². The minimum Gasteiger partial charge on any atom is -0.507 e. The Morgan fingerprint density at radius 1 is 1.03 bits per heavy atom. The molecule has 30 heavy (non-hydrogen) atoms. The average molecular weight is 425 g/mol. The fourth-order valence-electron chi connectivity index (χ4n) is 3.20. The van der Waals surface area contributed by atoms with Crippen LogP contribution in [0.2, 0.25) is 5.02 Å². The average Bonchev–Trinajstić information content (AvgIpc) is 3.23. The van der Waals surface area contributed by atoms with E-state index in [2.05, 4.69) is 10.2 Å². The number of methoxy groups -OCH3 is 1. The normalized spacial score (nSPS) is 10.8. The van der Waals surface area contributed by atoms with Gasteiger partial charge in [0.1, 0.15) is 29.7 Å². The molecule has 7 heteroatoms. The van der Waals surface area contributed by atoms with Gasteiger partial charge in [-0.25, -0.2) is 4.39 Å². The molecule has 4 rings (SSSR count). The monoisotopic (exact) mass is 424 g/mol. The molecule has 152 valence electrons. The van der Waals surface area contributed by atoms with E-state index in [-0.39, 0.29) is 22.9 Å². The predicted molar refractivity (Wildman–Crippen MR) is 113 cm³/mol. The van der Waals surface area contributed by atoms with E-state index < -0.39 is 5.82 Å². The molecule has 0 fully saturated rings. The van der Waals surface area contributed by atoms with E-state index in [1.165, 1.54) is 18.2 Å². The number of nitrogens with one attached hydrogen (secondary N) is 1. The number of rotatable bonds is 6.